The molecule has 0 fully saturated rings. The molecule has 0 aliphatic heterocycles. The first kappa shape index (κ1) is 14.8. The van der Waals surface area contributed by atoms with Crippen LogP contribution >= 0.6 is 0 Å². The van der Waals surface area contributed by atoms with Crippen LogP contribution in [0.3, 0.4) is 0 Å². The molecule has 4 nitrogen and oxygen atoms in total. The standard InChI is InChI=1S/C18H13FN2O2/c1-12-10-20-17(21-11-12)13-4-8-16(9-5-13)23-18(22)14-2-6-15(19)7-3-14/h2-11H,1H3. The molecule has 0 atom stereocenters. The lowest BCUT2D eigenvalue weighted by atomic mass is 10.2. The van der Waals surface area contributed by atoms with Crippen LogP contribution in [-0.4, -0.2) is 15.9 Å². The van der Waals surface area contributed by atoms with Crippen LogP contribution in [0.15, 0.2) is 60.9 Å². The minimum Gasteiger partial charge on any atom is -0.423 e. The van der Waals surface area contributed by atoms with E-state index in [1.807, 2.05) is 6.92 Å². The number of carbonyl (C=O) groups excluding carboxylic acids is 1. The topological polar surface area (TPSA) is 52.1 Å². The van der Waals surface area contributed by atoms with Gasteiger partial charge in [0.05, 0.1) is 5.56 Å². The van der Waals surface area contributed by atoms with Crippen LogP contribution in [0, 0.1) is 12.7 Å². The van der Waals surface area contributed by atoms with Gasteiger partial charge in [0.25, 0.3) is 0 Å². The fraction of sp³-hybridized carbons (Fsp3) is 0.0556. The second-order valence-corrected chi connectivity index (χ2v) is 5.00. The van der Waals surface area contributed by atoms with E-state index < -0.39 is 11.8 Å². The summed E-state index contributed by atoms with van der Waals surface area (Å²) < 4.78 is 18.1. The third-order valence-corrected chi connectivity index (χ3v) is 3.18. The molecule has 3 rings (SSSR count). The Hall–Kier alpha value is -3.08. The summed E-state index contributed by atoms with van der Waals surface area (Å²) in [7, 11) is 0. The molecule has 5 heteroatoms. The average Bonchev–Trinajstić information content (AvgIpc) is 2.57. The maximum absolute atomic E-state index is 12.8. The van der Waals surface area contributed by atoms with E-state index in [1.54, 1.807) is 36.7 Å². The summed E-state index contributed by atoms with van der Waals surface area (Å²) in [4.78, 5) is 20.4. The third kappa shape index (κ3) is 3.58. The monoisotopic (exact) mass is 308 g/mol. The Labute approximate surface area is 132 Å². The van der Waals surface area contributed by atoms with E-state index in [-0.39, 0.29) is 5.56 Å². The van der Waals surface area contributed by atoms with Crippen LogP contribution in [0.4, 0.5) is 4.39 Å². The van der Waals surface area contributed by atoms with E-state index in [0.717, 1.165) is 11.1 Å². The quantitative estimate of drug-likeness (QED) is 0.545. The van der Waals surface area contributed by atoms with E-state index in [9.17, 15) is 9.18 Å². The van der Waals surface area contributed by atoms with Crippen molar-refractivity contribution in [1.82, 2.24) is 9.97 Å². The molecule has 114 valence electrons. The number of nitrogens with zero attached hydrogens (tertiary/aromatic N) is 2. The van der Waals surface area contributed by atoms with E-state index in [1.165, 1.54) is 24.3 Å². The molecule has 0 aliphatic rings. The van der Waals surface area contributed by atoms with E-state index in [4.69, 9.17) is 4.74 Å². The summed E-state index contributed by atoms with van der Waals surface area (Å²) in [5.74, 6) is 0.0653. The van der Waals surface area contributed by atoms with Gasteiger partial charge in [-0.15, -0.1) is 0 Å². The van der Waals surface area contributed by atoms with Gasteiger partial charge in [-0.1, -0.05) is 0 Å². The number of esters is 1. The zero-order chi connectivity index (χ0) is 16.2. The van der Waals surface area contributed by atoms with Gasteiger partial charge in [0, 0.05) is 18.0 Å². The Morgan fingerprint density at radius 2 is 1.57 bits per heavy atom. The molecule has 23 heavy (non-hydrogen) atoms. The van der Waals surface area contributed by atoms with Gasteiger partial charge < -0.3 is 4.74 Å². The van der Waals surface area contributed by atoms with Gasteiger partial charge in [-0.2, -0.15) is 0 Å². The average molecular weight is 308 g/mol. The summed E-state index contributed by atoms with van der Waals surface area (Å²) in [6.45, 7) is 1.92. The van der Waals surface area contributed by atoms with Gasteiger partial charge in [-0.05, 0) is 61.0 Å². The highest BCUT2D eigenvalue weighted by Crippen LogP contribution is 2.20. The molecule has 0 saturated heterocycles. The Morgan fingerprint density at radius 1 is 0.957 bits per heavy atom. The Kier molecular flexibility index (Phi) is 4.10. The summed E-state index contributed by atoms with van der Waals surface area (Å²) in [6, 6.07) is 12.1. The molecule has 0 radical (unpaired) electrons. The van der Waals surface area contributed by atoms with Crippen LogP contribution in [-0.2, 0) is 0 Å². The molecule has 0 N–H and O–H groups in total. The van der Waals surface area contributed by atoms with Crippen molar-refractivity contribution < 1.29 is 13.9 Å². The summed E-state index contributed by atoms with van der Waals surface area (Å²) in [6.07, 6.45) is 3.48. The summed E-state index contributed by atoms with van der Waals surface area (Å²) >= 11 is 0. The molecule has 0 amide bonds. The predicted octanol–water partition coefficient (Wildman–Crippen LogP) is 3.81. The number of benzene rings is 2. The molecule has 3 aromatic rings. The van der Waals surface area contributed by atoms with E-state index in [0.29, 0.717) is 11.6 Å². The Morgan fingerprint density at radius 3 is 2.17 bits per heavy atom. The Bertz CT molecular complexity index is 813. The van der Waals surface area contributed by atoms with Gasteiger partial charge in [-0.25, -0.2) is 19.2 Å². The van der Waals surface area contributed by atoms with Crippen LogP contribution < -0.4 is 4.74 Å². The fourth-order valence-corrected chi connectivity index (χ4v) is 1.97. The Balaban J connectivity index is 1.73. The molecule has 0 unspecified atom stereocenters. The maximum atomic E-state index is 12.8. The van der Waals surface area contributed by atoms with Crippen molar-refractivity contribution in [2.75, 3.05) is 0 Å². The summed E-state index contributed by atoms with van der Waals surface area (Å²) in [5.41, 5.74) is 2.10. The minimum atomic E-state index is -0.538. The highest BCUT2D eigenvalue weighted by Gasteiger charge is 2.09. The number of hydrogen-bond donors (Lipinski definition) is 0. The van der Waals surface area contributed by atoms with Crippen LogP contribution in [0.2, 0.25) is 0 Å². The SMILES string of the molecule is Cc1cnc(-c2ccc(OC(=O)c3ccc(F)cc3)cc2)nc1. The molecule has 2 aromatic carbocycles. The largest absolute Gasteiger partial charge is 0.423 e. The highest BCUT2D eigenvalue weighted by molar-refractivity contribution is 5.91. The third-order valence-electron chi connectivity index (χ3n) is 3.18. The number of aryl methyl sites for hydroxylation is 1. The van der Waals surface area contributed by atoms with Crippen molar-refractivity contribution in [1.29, 1.82) is 0 Å². The van der Waals surface area contributed by atoms with Crippen molar-refractivity contribution in [3.63, 3.8) is 0 Å². The molecular weight excluding hydrogens is 295 g/mol. The molecule has 1 heterocycles. The number of rotatable bonds is 3. The first-order valence-electron chi connectivity index (χ1n) is 6.99. The minimum absolute atomic E-state index is 0.289. The number of aromatic nitrogens is 2. The number of halogens is 1. The predicted molar refractivity (Wildman–Crippen MR) is 83.6 cm³/mol. The summed E-state index contributed by atoms with van der Waals surface area (Å²) in [5, 5.41) is 0. The van der Waals surface area contributed by atoms with Gasteiger partial charge >= 0.3 is 5.97 Å². The van der Waals surface area contributed by atoms with Crippen molar-refractivity contribution in [2.45, 2.75) is 6.92 Å². The number of ether oxygens (including phenoxy) is 1. The van der Waals surface area contributed by atoms with Crippen molar-refractivity contribution in [2.24, 2.45) is 0 Å². The maximum Gasteiger partial charge on any atom is 0.343 e. The normalized spacial score (nSPS) is 10.3. The number of carbonyl (C=O) groups is 1. The first-order valence-corrected chi connectivity index (χ1v) is 6.99. The fourth-order valence-electron chi connectivity index (χ4n) is 1.97. The van der Waals surface area contributed by atoms with Gasteiger partial charge in [-0.3, -0.25) is 0 Å². The second kappa shape index (κ2) is 6.36. The van der Waals surface area contributed by atoms with Gasteiger partial charge in [0.2, 0.25) is 0 Å². The molecular formula is C18H13FN2O2. The zero-order valence-corrected chi connectivity index (χ0v) is 12.4. The molecule has 0 aliphatic carbocycles. The van der Waals surface area contributed by atoms with Gasteiger partial charge in [0.15, 0.2) is 5.82 Å². The molecule has 1 aromatic heterocycles. The zero-order valence-electron chi connectivity index (χ0n) is 12.4. The highest BCUT2D eigenvalue weighted by atomic mass is 19.1. The number of hydrogen-bond acceptors (Lipinski definition) is 4. The van der Waals surface area contributed by atoms with Crippen LogP contribution in [0.5, 0.6) is 5.75 Å². The molecule has 0 spiro atoms. The van der Waals surface area contributed by atoms with Gasteiger partial charge in [0.1, 0.15) is 11.6 Å². The molecule has 0 saturated carbocycles. The van der Waals surface area contributed by atoms with Crippen LogP contribution in [0.25, 0.3) is 11.4 Å². The lowest BCUT2D eigenvalue weighted by Crippen LogP contribution is -2.08. The van der Waals surface area contributed by atoms with E-state index >= 15 is 0 Å². The van der Waals surface area contributed by atoms with Crippen molar-refractivity contribution in [3.8, 4) is 17.1 Å². The lowest BCUT2D eigenvalue weighted by Gasteiger charge is -2.05. The molecule has 0 bridgehead atoms. The van der Waals surface area contributed by atoms with E-state index in [2.05, 4.69) is 9.97 Å². The lowest BCUT2D eigenvalue weighted by molar-refractivity contribution is 0.0734. The van der Waals surface area contributed by atoms with Crippen molar-refractivity contribution in [3.05, 3.63) is 77.9 Å². The smallest absolute Gasteiger partial charge is 0.343 e. The second-order valence-electron chi connectivity index (χ2n) is 5.00. The van der Waals surface area contributed by atoms with Crippen molar-refractivity contribution >= 4 is 5.97 Å². The first-order chi connectivity index (χ1) is 11.1. The van der Waals surface area contributed by atoms with Crippen LogP contribution in [0.1, 0.15) is 15.9 Å².